The van der Waals surface area contributed by atoms with E-state index in [0.29, 0.717) is 17.5 Å². The molecule has 20 heavy (non-hydrogen) atoms. The van der Waals surface area contributed by atoms with E-state index in [9.17, 15) is 13.6 Å². The van der Waals surface area contributed by atoms with Gasteiger partial charge in [0.05, 0.1) is 6.33 Å². The summed E-state index contributed by atoms with van der Waals surface area (Å²) in [5.74, 6) is -0.374. The summed E-state index contributed by atoms with van der Waals surface area (Å²) in [5.41, 5.74) is 0.369. The highest BCUT2D eigenvalue weighted by atomic mass is 19.1. The third-order valence-electron chi connectivity index (χ3n) is 2.33. The molecule has 0 saturated carbocycles. The van der Waals surface area contributed by atoms with Crippen LogP contribution >= 0.6 is 0 Å². The summed E-state index contributed by atoms with van der Waals surface area (Å²) in [7, 11) is 0. The molecule has 1 aromatic rings. The molecule has 0 radical (unpaired) electrons. The first-order valence-electron chi connectivity index (χ1n) is 6.29. The molecule has 0 atom stereocenters. The average Bonchev–Trinajstić information content (AvgIpc) is 2.32. The molecule has 0 aromatic heterocycles. The van der Waals surface area contributed by atoms with Crippen LogP contribution in [0.5, 0.6) is 0 Å². The first-order valence-corrected chi connectivity index (χ1v) is 6.29. The molecule has 5 heteroatoms. The van der Waals surface area contributed by atoms with Gasteiger partial charge in [0.25, 0.3) is 0 Å². The molecule has 1 rings (SSSR count). The predicted octanol–water partition coefficient (Wildman–Crippen LogP) is 3.75. The van der Waals surface area contributed by atoms with E-state index in [1.54, 1.807) is 32.9 Å². The highest BCUT2D eigenvalue weighted by Crippen LogP contribution is 2.11. The number of amides is 1. The van der Waals surface area contributed by atoms with Gasteiger partial charge in [0.15, 0.2) is 0 Å². The van der Waals surface area contributed by atoms with Crippen LogP contribution in [0.1, 0.15) is 26.3 Å². The van der Waals surface area contributed by atoms with E-state index in [2.05, 4.69) is 5.32 Å². The minimum absolute atomic E-state index is 0.0158. The smallest absolute Gasteiger partial charge is 0.407 e. The Labute approximate surface area is 117 Å². The van der Waals surface area contributed by atoms with Crippen LogP contribution < -0.4 is 5.32 Å². The van der Waals surface area contributed by atoms with Gasteiger partial charge in [-0.3, -0.25) is 0 Å². The predicted molar refractivity (Wildman–Crippen MR) is 73.5 cm³/mol. The van der Waals surface area contributed by atoms with Crippen LogP contribution in [0.15, 0.2) is 36.2 Å². The lowest BCUT2D eigenvalue weighted by atomic mass is 10.1. The highest BCUT2D eigenvalue weighted by molar-refractivity contribution is 5.68. The Kier molecular flexibility index (Phi) is 5.67. The maximum atomic E-state index is 13.0. The third-order valence-corrected chi connectivity index (χ3v) is 2.33. The standard InChI is InChI=1S/C15H19F2NO2/c1-15(2,3)20-14(19)18-10-12(9-16)7-11-5-4-6-13(17)8-11/h4-6,8-9H,7,10H2,1-3H3,(H,18,19)/b12-9-. The molecule has 0 bridgehead atoms. The van der Waals surface area contributed by atoms with Crippen molar-refractivity contribution in [2.75, 3.05) is 6.54 Å². The molecule has 0 heterocycles. The Morgan fingerprint density at radius 2 is 2.10 bits per heavy atom. The molecule has 1 aromatic carbocycles. The molecule has 110 valence electrons. The number of carbonyl (C=O) groups is 1. The molecule has 0 unspecified atom stereocenters. The number of carbonyl (C=O) groups excluding carboxylic acids is 1. The van der Waals surface area contributed by atoms with E-state index in [1.165, 1.54) is 12.1 Å². The molecule has 1 amide bonds. The fourth-order valence-electron chi connectivity index (χ4n) is 1.55. The van der Waals surface area contributed by atoms with Crippen LogP contribution in [-0.4, -0.2) is 18.2 Å². The molecule has 0 aliphatic carbocycles. The van der Waals surface area contributed by atoms with E-state index in [-0.39, 0.29) is 18.8 Å². The maximum absolute atomic E-state index is 13.0. The minimum Gasteiger partial charge on any atom is -0.444 e. The van der Waals surface area contributed by atoms with Crippen LogP contribution in [0.2, 0.25) is 0 Å². The van der Waals surface area contributed by atoms with Crippen molar-refractivity contribution in [3.8, 4) is 0 Å². The van der Waals surface area contributed by atoms with Gasteiger partial charge in [-0.15, -0.1) is 0 Å². The summed E-state index contributed by atoms with van der Waals surface area (Å²) >= 11 is 0. The number of alkyl carbamates (subject to hydrolysis) is 1. The van der Waals surface area contributed by atoms with Gasteiger partial charge in [0.1, 0.15) is 11.4 Å². The van der Waals surface area contributed by atoms with Gasteiger partial charge in [0.2, 0.25) is 0 Å². The van der Waals surface area contributed by atoms with E-state index in [4.69, 9.17) is 4.74 Å². The zero-order chi connectivity index (χ0) is 15.2. The summed E-state index contributed by atoms with van der Waals surface area (Å²) in [6.45, 7) is 5.24. The number of hydrogen-bond acceptors (Lipinski definition) is 2. The second-order valence-electron chi connectivity index (χ2n) is 5.43. The summed E-state index contributed by atoms with van der Waals surface area (Å²) in [5, 5.41) is 2.46. The number of ether oxygens (including phenoxy) is 1. The van der Waals surface area contributed by atoms with Crippen molar-refractivity contribution in [3.63, 3.8) is 0 Å². The van der Waals surface area contributed by atoms with Crippen LogP contribution in [-0.2, 0) is 11.2 Å². The fraction of sp³-hybridized carbons (Fsp3) is 0.400. The van der Waals surface area contributed by atoms with Crippen molar-refractivity contribution in [1.82, 2.24) is 5.32 Å². The maximum Gasteiger partial charge on any atom is 0.407 e. The lowest BCUT2D eigenvalue weighted by Crippen LogP contribution is -2.33. The van der Waals surface area contributed by atoms with Crippen molar-refractivity contribution in [2.24, 2.45) is 0 Å². The summed E-state index contributed by atoms with van der Waals surface area (Å²) in [6.07, 6.45) is 0.0304. The zero-order valence-corrected chi connectivity index (χ0v) is 11.9. The van der Waals surface area contributed by atoms with Gasteiger partial charge in [-0.2, -0.15) is 0 Å². The molecule has 0 fully saturated rings. The summed E-state index contributed by atoms with van der Waals surface area (Å²) in [6, 6.07) is 5.90. The molecular formula is C15H19F2NO2. The number of benzene rings is 1. The van der Waals surface area contributed by atoms with Gasteiger partial charge in [0, 0.05) is 6.54 Å². The summed E-state index contributed by atoms with van der Waals surface area (Å²) in [4.78, 5) is 11.4. The van der Waals surface area contributed by atoms with Gasteiger partial charge in [-0.1, -0.05) is 12.1 Å². The van der Waals surface area contributed by atoms with Gasteiger partial charge in [-0.05, 0) is 50.5 Å². The van der Waals surface area contributed by atoms with E-state index < -0.39 is 11.7 Å². The van der Waals surface area contributed by atoms with Gasteiger partial charge >= 0.3 is 6.09 Å². The third kappa shape index (κ3) is 6.31. The van der Waals surface area contributed by atoms with Crippen molar-refractivity contribution in [1.29, 1.82) is 0 Å². The van der Waals surface area contributed by atoms with Crippen LogP contribution in [0.3, 0.4) is 0 Å². The van der Waals surface area contributed by atoms with Crippen LogP contribution in [0.25, 0.3) is 0 Å². The topological polar surface area (TPSA) is 38.3 Å². The molecule has 0 aliphatic heterocycles. The Bertz CT molecular complexity index is 493. The number of hydrogen-bond donors (Lipinski definition) is 1. The molecule has 0 spiro atoms. The van der Waals surface area contributed by atoms with Crippen molar-refractivity contribution in [3.05, 3.63) is 47.5 Å². The molecule has 1 N–H and O–H groups in total. The Hall–Kier alpha value is -1.91. The van der Waals surface area contributed by atoms with Crippen molar-refractivity contribution >= 4 is 6.09 Å². The monoisotopic (exact) mass is 283 g/mol. The number of halogens is 2. The highest BCUT2D eigenvalue weighted by Gasteiger charge is 2.16. The van der Waals surface area contributed by atoms with Gasteiger partial charge in [-0.25, -0.2) is 13.6 Å². The molecule has 0 saturated heterocycles. The van der Waals surface area contributed by atoms with E-state index >= 15 is 0 Å². The van der Waals surface area contributed by atoms with Crippen molar-refractivity contribution in [2.45, 2.75) is 32.8 Å². The van der Waals surface area contributed by atoms with Crippen molar-refractivity contribution < 1.29 is 18.3 Å². The lowest BCUT2D eigenvalue weighted by molar-refractivity contribution is 0.0532. The number of nitrogens with one attached hydrogen (secondary N) is 1. The normalized spacial score (nSPS) is 12.2. The lowest BCUT2D eigenvalue weighted by Gasteiger charge is -2.20. The van der Waals surface area contributed by atoms with E-state index in [0.717, 1.165) is 0 Å². The Balaban J connectivity index is 2.51. The van der Waals surface area contributed by atoms with E-state index in [1.807, 2.05) is 0 Å². The first-order chi connectivity index (χ1) is 9.30. The second-order valence-corrected chi connectivity index (χ2v) is 5.43. The Morgan fingerprint density at radius 3 is 2.65 bits per heavy atom. The fourth-order valence-corrected chi connectivity index (χ4v) is 1.55. The second kappa shape index (κ2) is 7.03. The van der Waals surface area contributed by atoms with Crippen LogP contribution in [0, 0.1) is 5.82 Å². The zero-order valence-electron chi connectivity index (χ0n) is 11.9. The Morgan fingerprint density at radius 1 is 1.40 bits per heavy atom. The molecular weight excluding hydrogens is 264 g/mol. The molecule has 0 aliphatic rings. The minimum atomic E-state index is -0.615. The SMILES string of the molecule is CC(C)(C)OC(=O)NC/C(=C\F)Cc1cccc(F)c1. The average molecular weight is 283 g/mol. The van der Waals surface area contributed by atoms with Crippen LogP contribution in [0.4, 0.5) is 13.6 Å². The largest absolute Gasteiger partial charge is 0.444 e. The quantitative estimate of drug-likeness (QED) is 0.914. The summed E-state index contributed by atoms with van der Waals surface area (Å²) < 4.78 is 30.8. The van der Waals surface area contributed by atoms with Gasteiger partial charge < -0.3 is 10.1 Å². The number of rotatable bonds is 4. The first kappa shape index (κ1) is 16.1. The molecule has 3 nitrogen and oxygen atoms in total.